The van der Waals surface area contributed by atoms with Gasteiger partial charge in [-0.1, -0.05) is 25.0 Å². The van der Waals surface area contributed by atoms with Gasteiger partial charge in [-0.25, -0.2) is 0 Å². The summed E-state index contributed by atoms with van der Waals surface area (Å²) in [6, 6.07) is 8.28. The lowest BCUT2D eigenvalue weighted by Crippen LogP contribution is -2.41. The summed E-state index contributed by atoms with van der Waals surface area (Å²) in [4.78, 5) is 12.2. The van der Waals surface area contributed by atoms with Crippen LogP contribution in [0.1, 0.15) is 36.0 Å². The third-order valence-corrected chi connectivity index (χ3v) is 3.64. The van der Waals surface area contributed by atoms with E-state index in [4.69, 9.17) is 0 Å². The third kappa shape index (κ3) is 1.36. The summed E-state index contributed by atoms with van der Waals surface area (Å²) in [5.41, 5.74) is 1.92. The average Bonchev–Trinajstić information content (AvgIpc) is 2.30. The molecule has 0 spiro atoms. The van der Waals surface area contributed by atoms with Gasteiger partial charge in [-0.15, -0.1) is 0 Å². The van der Waals surface area contributed by atoms with Crippen molar-refractivity contribution in [3.05, 3.63) is 29.8 Å². The predicted octanol–water partition coefficient (Wildman–Crippen LogP) is 2.85. The number of benzene rings is 1. The van der Waals surface area contributed by atoms with E-state index >= 15 is 0 Å². The van der Waals surface area contributed by atoms with Crippen molar-refractivity contribution in [3.63, 3.8) is 0 Å². The molecule has 2 nitrogen and oxygen atoms in total. The number of carbonyl (C=O) groups is 1. The molecule has 2 atom stereocenters. The summed E-state index contributed by atoms with van der Waals surface area (Å²) in [7, 11) is 0. The Labute approximate surface area is 89.7 Å². The van der Waals surface area contributed by atoms with Gasteiger partial charge in [0.2, 0.25) is 0 Å². The van der Waals surface area contributed by atoms with Crippen molar-refractivity contribution in [2.45, 2.75) is 31.7 Å². The minimum Gasteiger partial charge on any atom is -0.381 e. The van der Waals surface area contributed by atoms with E-state index in [1.165, 1.54) is 12.8 Å². The molecule has 1 aliphatic carbocycles. The second kappa shape index (κ2) is 3.37. The van der Waals surface area contributed by atoms with Crippen LogP contribution in [0.15, 0.2) is 24.3 Å². The van der Waals surface area contributed by atoms with Gasteiger partial charge in [-0.05, 0) is 25.0 Å². The van der Waals surface area contributed by atoms with E-state index in [1.807, 2.05) is 24.3 Å². The summed E-state index contributed by atoms with van der Waals surface area (Å²) >= 11 is 0. The Bertz CT molecular complexity index is 399. The lowest BCUT2D eigenvalue weighted by Gasteiger charge is -2.36. The van der Waals surface area contributed by atoms with Crippen LogP contribution < -0.4 is 5.32 Å². The fourth-order valence-corrected chi connectivity index (χ4v) is 2.84. The van der Waals surface area contributed by atoms with E-state index in [0.717, 1.165) is 24.1 Å². The highest BCUT2D eigenvalue weighted by molar-refractivity contribution is 6.05. The molecule has 0 radical (unpaired) electrons. The SMILES string of the molecule is O=C1c2ccccc2N[C@H]2CCCC[C@@H]12. The van der Waals surface area contributed by atoms with Crippen LogP contribution in [0.3, 0.4) is 0 Å². The molecule has 0 bridgehead atoms. The Morgan fingerprint density at radius 3 is 2.87 bits per heavy atom. The van der Waals surface area contributed by atoms with Crippen molar-refractivity contribution >= 4 is 11.5 Å². The Morgan fingerprint density at radius 2 is 1.93 bits per heavy atom. The van der Waals surface area contributed by atoms with Crippen molar-refractivity contribution in [2.75, 3.05) is 5.32 Å². The first-order valence-corrected chi connectivity index (χ1v) is 5.76. The minimum atomic E-state index is 0.230. The molecule has 1 fully saturated rings. The molecule has 0 aromatic heterocycles. The molecule has 1 aliphatic heterocycles. The fraction of sp³-hybridized carbons (Fsp3) is 0.462. The molecule has 1 heterocycles. The molecule has 3 rings (SSSR count). The van der Waals surface area contributed by atoms with E-state index in [2.05, 4.69) is 5.32 Å². The van der Waals surface area contributed by atoms with Crippen molar-refractivity contribution in [2.24, 2.45) is 5.92 Å². The van der Waals surface area contributed by atoms with E-state index in [-0.39, 0.29) is 5.92 Å². The van der Waals surface area contributed by atoms with Crippen molar-refractivity contribution < 1.29 is 4.79 Å². The van der Waals surface area contributed by atoms with E-state index in [9.17, 15) is 4.79 Å². The third-order valence-electron chi connectivity index (χ3n) is 3.64. The van der Waals surface area contributed by atoms with Crippen molar-refractivity contribution in [3.8, 4) is 0 Å². The Kier molecular flexibility index (Phi) is 2.01. The first kappa shape index (κ1) is 8.96. The number of hydrogen-bond donors (Lipinski definition) is 1. The Morgan fingerprint density at radius 1 is 1.13 bits per heavy atom. The van der Waals surface area contributed by atoms with Crippen LogP contribution in [-0.2, 0) is 0 Å². The van der Waals surface area contributed by atoms with Gasteiger partial charge >= 0.3 is 0 Å². The quantitative estimate of drug-likeness (QED) is 0.699. The van der Waals surface area contributed by atoms with Gasteiger partial charge < -0.3 is 5.32 Å². The van der Waals surface area contributed by atoms with Crippen molar-refractivity contribution in [1.29, 1.82) is 0 Å². The molecule has 0 saturated heterocycles. The smallest absolute Gasteiger partial charge is 0.170 e. The largest absolute Gasteiger partial charge is 0.381 e. The molecule has 2 heteroatoms. The van der Waals surface area contributed by atoms with Gasteiger partial charge in [0.1, 0.15) is 0 Å². The number of hydrogen-bond acceptors (Lipinski definition) is 2. The van der Waals surface area contributed by atoms with Crippen LogP contribution in [-0.4, -0.2) is 11.8 Å². The maximum absolute atomic E-state index is 12.2. The summed E-state index contributed by atoms with van der Waals surface area (Å²) in [5.74, 6) is 0.586. The zero-order chi connectivity index (χ0) is 10.3. The number of anilines is 1. The molecule has 2 aliphatic rings. The standard InChI is InChI=1S/C13H15NO/c15-13-9-5-1-3-7-11(9)14-12-8-4-2-6-10(12)13/h1,3,5,7,10,12,14H,2,4,6,8H2/t10-,12+/m1/s1. The monoisotopic (exact) mass is 201 g/mol. The van der Waals surface area contributed by atoms with Gasteiger partial charge in [-0.3, -0.25) is 4.79 Å². The van der Waals surface area contributed by atoms with Gasteiger partial charge in [0.25, 0.3) is 0 Å². The first-order chi connectivity index (χ1) is 7.36. The van der Waals surface area contributed by atoms with Crippen LogP contribution in [0.4, 0.5) is 5.69 Å². The number of carbonyl (C=O) groups excluding carboxylic acids is 1. The summed E-state index contributed by atoms with van der Waals surface area (Å²) in [6.45, 7) is 0. The zero-order valence-corrected chi connectivity index (χ0v) is 8.70. The second-order valence-electron chi connectivity index (χ2n) is 4.55. The molecule has 1 N–H and O–H groups in total. The number of para-hydroxylation sites is 1. The number of fused-ring (bicyclic) bond motifs is 2. The van der Waals surface area contributed by atoms with Gasteiger partial charge in [0.05, 0.1) is 0 Å². The van der Waals surface area contributed by atoms with Gasteiger partial charge in [0, 0.05) is 23.2 Å². The first-order valence-electron chi connectivity index (χ1n) is 5.76. The van der Waals surface area contributed by atoms with Gasteiger partial charge in [-0.2, -0.15) is 0 Å². The summed E-state index contributed by atoms with van der Waals surface area (Å²) in [5, 5.41) is 3.51. The highest BCUT2D eigenvalue weighted by atomic mass is 16.1. The molecule has 0 amide bonds. The highest BCUT2D eigenvalue weighted by Crippen LogP contribution is 2.35. The molecular formula is C13H15NO. The molecule has 1 saturated carbocycles. The van der Waals surface area contributed by atoms with Crippen LogP contribution in [0.5, 0.6) is 0 Å². The summed E-state index contributed by atoms with van der Waals surface area (Å²) < 4.78 is 0. The molecule has 1 aromatic rings. The molecule has 78 valence electrons. The number of ketones is 1. The van der Waals surface area contributed by atoms with Crippen LogP contribution in [0.2, 0.25) is 0 Å². The molecule has 15 heavy (non-hydrogen) atoms. The molecule has 0 unspecified atom stereocenters. The maximum atomic E-state index is 12.2. The fourth-order valence-electron chi connectivity index (χ4n) is 2.84. The second-order valence-corrected chi connectivity index (χ2v) is 4.55. The van der Waals surface area contributed by atoms with Crippen LogP contribution in [0.25, 0.3) is 0 Å². The van der Waals surface area contributed by atoms with Crippen LogP contribution in [0, 0.1) is 5.92 Å². The van der Waals surface area contributed by atoms with Crippen molar-refractivity contribution in [1.82, 2.24) is 0 Å². The van der Waals surface area contributed by atoms with E-state index in [1.54, 1.807) is 0 Å². The maximum Gasteiger partial charge on any atom is 0.170 e. The van der Waals surface area contributed by atoms with E-state index < -0.39 is 0 Å². The van der Waals surface area contributed by atoms with Crippen LogP contribution >= 0.6 is 0 Å². The Hall–Kier alpha value is -1.31. The average molecular weight is 201 g/mol. The number of nitrogens with one attached hydrogen (secondary N) is 1. The Balaban J connectivity index is 2.02. The highest BCUT2D eigenvalue weighted by Gasteiger charge is 2.36. The molecular weight excluding hydrogens is 186 g/mol. The number of rotatable bonds is 0. The zero-order valence-electron chi connectivity index (χ0n) is 8.70. The summed E-state index contributed by atoms with van der Waals surface area (Å²) in [6.07, 6.45) is 4.66. The molecule has 1 aromatic carbocycles. The van der Waals surface area contributed by atoms with E-state index in [0.29, 0.717) is 11.8 Å². The number of Topliss-reactive ketones (excluding diaryl/α,β-unsaturated/α-hetero) is 1. The lowest BCUT2D eigenvalue weighted by molar-refractivity contribution is 0.0870. The minimum absolute atomic E-state index is 0.230. The lowest BCUT2D eigenvalue weighted by atomic mass is 9.77. The predicted molar refractivity (Wildman–Crippen MR) is 60.1 cm³/mol. The normalized spacial score (nSPS) is 28.9. The topological polar surface area (TPSA) is 29.1 Å². The van der Waals surface area contributed by atoms with Gasteiger partial charge in [0.15, 0.2) is 5.78 Å².